The molecule has 2 aromatic heterocycles. The van der Waals surface area contributed by atoms with E-state index in [0.717, 1.165) is 29.7 Å². The van der Waals surface area contributed by atoms with Gasteiger partial charge in [0.1, 0.15) is 11.3 Å². The molecule has 1 aromatic carbocycles. The van der Waals surface area contributed by atoms with Crippen LogP contribution in [-0.4, -0.2) is 21.6 Å². The van der Waals surface area contributed by atoms with Crippen LogP contribution in [0, 0.1) is 0 Å². The number of hydrogen-bond donors (Lipinski definition) is 1. The van der Waals surface area contributed by atoms with Gasteiger partial charge in [-0.3, -0.25) is 4.98 Å². The van der Waals surface area contributed by atoms with Crippen molar-refractivity contribution in [3.05, 3.63) is 48.3 Å². The highest BCUT2D eigenvalue weighted by atomic mass is 16.5. The lowest BCUT2D eigenvalue weighted by atomic mass is 10.2. The summed E-state index contributed by atoms with van der Waals surface area (Å²) in [4.78, 5) is 8.42. The number of nitrogens with two attached hydrogens (primary N) is 1. The van der Waals surface area contributed by atoms with Gasteiger partial charge in [0, 0.05) is 18.9 Å². The van der Waals surface area contributed by atoms with Gasteiger partial charge in [-0.05, 0) is 36.2 Å². The van der Waals surface area contributed by atoms with Gasteiger partial charge in [0.25, 0.3) is 0 Å². The molecule has 5 nitrogen and oxygen atoms in total. The molecule has 0 atom stereocenters. The Balaban J connectivity index is 1.93. The number of imidazole rings is 1. The van der Waals surface area contributed by atoms with E-state index in [1.807, 2.05) is 34.9 Å². The monoisotopic (exact) mass is 268 g/mol. The van der Waals surface area contributed by atoms with Crippen LogP contribution < -0.4 is 10.5 Å². The second kappa shape index (κ2) is 5.21. The van der Waals surface area contributed by atoms with Crippen molar-refractivity contribution >= 4 is 17.0 Å². The van der Waals surface area contributed by atoms with Crippen molar-refractivity contribution in [2.24, 2.45) is 0 Å². The Morgan fingerprint density at radius 1 is 1.20 bits per heavy atom. The summed E-state index contributed by atoms with van der Waals surface area (Å²) < 4.78 is 7.33. The van der Waals surface area contributed by atoms with E-state index in [-0.39, 0.29) is 0 Å². The van der Waals surface area contributed by atoms with Crippen LogP contribution >= 0.6 is 0 Å². The predicted octanol–water partition coefficient (Wildman–Crippen LogP) is 2.26. The zero-order valence-electron chi connectivity index (χ0n) is 11.3. The van der Waals surface area contributed by atoms with Crippen LogP contribution in [0.3, 0.4) is 0 Å². The highest BCUT2D eigenvalue weighted by molar-refractivity contribution is 5.84. The Morgan fingerprint density at radius 3 is 2.75 bits per heavy atom. The number of para-hydroxylation sites is 1. The largest absolute Gasteiger partial charge is 0.494 e. The summed E-state index contributed by atoms with van der Waals surface area (Å²) in [5.74, 6) is 1.26. The predicted molar refractivity (Wildman–Crippen MR) is 78.6 cm³/mol. The molecule has 20 heavy (non-hydrogen) atoms. The number of methoxy groups -OCH3 is 1. The minimum atomic E-state index is 0.513. The maximum absolute atomic E-state index is 6.03. The molecule has 5 heteroatoms. The van der Waals surface area contributed by atoms with Gasteiger partial charge in [0.2, 0.25) is 5.95 Å². The number of aromatic nitrogens is 3. The van der Waals surface area contributed by atoms with E-state index in [4.69, 9.17) is 10.5 Å². The van der Waals surface area contributed by atoms with E-state index in [0.29, 0.717) is 5.95 Å². The summed E-state index contributed by atoms with van der Waals surface area (Å²) in [6.07, 6.45) is 4.48. The highest BCUT2D eigenvalue weighted by Gasteiger charge is 2.11. The number of hydrogen-bond acceptors (Lipinski definition) is 4. The second-order valence-electron chi connectivity index (χ2n) is 4.56. The fourth-order valence-electron chi connectivity index (χ4n) is 2.33. The van der Waals surface area contributed by atoms with Crippen LogP contribution in [0.1, 0.15) is 5.56 Å². The maximum atomic E-state index is 6.03. The lowest BCUT2D eigenvalue weighted by Crippen LogP contribution is -2.05. The summed E-state index contributed by atoms with van der Waals surface area (Å²) >= 11 is 0. The second-order valence-corrected chi connectivity index (χ2v) is 4.56. The smallest absolute Gasteiger partial charge is 0.201 e. The summed E-state index contributed by atoms with van der Waals surface area (Å²) in [5, 5.41) is 0. The number of benzene rings is 1. The van der Waals surface area contributed by atoms with Gasteiger partial charge in [-0.25, -0.2) is 4.98 Å². The molecule has 0 aliphatic heterocycles. The molecular weight excluding hydrogens is 252 g/mol. The van der Waals surface area contributed by atoms with E-state index in [2.05, 4.69) is 9.97 Å². The SMILES string of the molecule is COc1cccc2c1nc(N)n2CCc1ccncc1. The Kier molecular flexibility index (Phi) is 3.25. The molecule has 102 valence electrons. The number of nitrogen functional groups attached to an aromatic ring is 1. The average Bonchev–Trinajstić information content (AvgIpc) is 2.81. The van der Waals surface area contributed by atoms with Crippen LogP contribution in [-0.2, 0) is 13.0 Å². The van der Waals surface area contributed by atoms with Gasteiger partial charge in [-0.2, -0.15) is 0 Å². The third-order valence-corrected chi connectivity index (χ3v) is 3.36. The van der Waals surface area contributed by atoms with Crippen molar-refractivity contribution in [1.29, 1.82) is 0 Å². The number of pyridine rings is 1. The standard InChI is InChI=1S/C15H16N4O/c1-20-13-4-2-3-12-14(13)18-15(16)19(12)10-7-11-5-8-17-9-6-11/h2-6,8-9H,7,10H2,1H3,(H2,16,18). The Hall–Kier alpha value is -2.56. The molecule has 0 amide bonds. The van der Waals surface area contributed by atoms with E-state index >= 15 is 0 Å². The molecule has 0 radical (unpaired) electrons. The molecule has 0 fully saturated rings. The van der Waals surface area contributed by atoms with Crippen molar-refractivity contribution in [2.45, 2.75) is 13.0 Å². The molecule has 0 aliphatic carbocycles. The molecule has 2 heterocycles. The third-order valence-electron chi connectivity index (χ3n) is 3.36. The fraction of sp³-hybridized carbons (Fsp3) is 0.200. The van der Waals surface area contributed by atoms with Crippen molar-refractivity contribution in [3.8, 4) is 5.75 Å². The van der Waals surface area contributed by atoms with Gasteiger partial charge in [0.05, 0.1) is 12.6 Å². The third kappa shape index (κ3) is 2.18. The quantitative estimate of drug-likeness (QED) is 0.788. The van der Waals surface area contributed by atoms with Crippen molar-refractivity contribution in [3.63, 3.8) is 0 Å². The van der Waals surface area contributed by atoms with E-state index in [9.17, 15) is 0 Å². The highest BCUT2D eigenvalue weighted by Crippen LogP contribution is 2.26. The summed E-state index contributed by atoms with van der Waals surface area (Å²) in [6, 6.07) is 9.87. The topological polar surface area (TPSA) is 66.0 Å². The van der Waals surface area contributed by atoms with Crippen LogP contribution in [0.25, 0.3) is 11.0 Å². The fourth-order valence-corrected chi connectivity index (χ4v) is 2.33. The average molecular weight is 268 g/mol. The minimum absolute atomic E-state index is 0.513. The number of nitrogens with zero attached hydrogens (tertiary/aromatic N) is 3. The first kappa shape index (κ1) is 12.5. The molecule has 3 aromatic rings. The van der Waals surface area contributed by atoms with Gasteiger partial charge >= 0.3 is 0 Å². The Bertz CT molecular complexity index is 721. The zero-order valence-corrected chi connectivity index (χ0v) is 11.3. The lowest BCUT2D eigenvalue weighted by molar-refractivity contribution is 0.419. The number of aryl methyl sites for hydroxylation is 2. The normalized spacial score (nSPS) is 10.8. The maximum Gasteiger partial charge on any atom is 0.201 e. The molecule has 0 bridgehead atoms. The lowest BCUT2D eigenvalue weighted by Gasteiger charge is -2.07. The van der Waals surface area contributed by atoms with Crippen molar-refractivity contribution in [2.75, 3.05) is 12.8 Å². The Morgan fingerprint density at radius 2 is 2.00 bits per heavy atom. The van der Waals surface area contributed by atoms with E-state index in [1.54, 1.807) is 19.5 Å². The molecule has 2 N–H and O–H groups in total. The minimum Gasteiger partial charge on any atom is -0.494 e. The van der Waals surface area contributed by atoms with Crippen LogP contribution in [0.2, 0.25) is 0 Å². The number of anilines is 1. The summed E-state index contributed by atoms with van der Waals surface area (Å²) in [6.45, 7) is 0.777. The molecule has 0 spiro atoms. The van der Waals surface area contributed by atoms with Crippen LogP contribution in [0.15, 0.2) is 42.7 Å². The van der Waals surface area contributed by atoms with E-state index < -0.39 is 0 Å². The van der Waals surface area contributed by atoms with Gasteiger partial charge in [-0.1, -0.05) is 6.07 Å². The summed E-state index contributed by atoms with van der Waals surface area (Å²) in [5.41, 5.74) is 9.05. The first-order valence-corrected chi connectivity index (χ1v) is 6.47. The molecule has 3 rings (SSSR count). The van der Waals surface area contributed by atoms with Gasteiger partial charge in [0.15, 0.2) is 0 Å². The zero-order chi connectivity index (χ0) is 13.9. The molecular formula is C15H16N4O. The first-order valence-electron chi connectivity index (χ1n) is 6.47. The number of rotatable bonds is 4. The van der Waals surface area contributed by atoms with Crippen molar-refractivity contribution in [1.82, 2.24) is 14.5 Å². The van der Waals surface area contributed by atoms with Crippen LogP contribution in [0.4, 0.5) is 5.95 Å². The Labute approximate surface area is 117 Å². The molecule has 0 saturated heterocycles. The molecule has 0 aliphatic rings. The molecule has 0 saturated carbocycles. The van der Waals surface area contributed by atoms with E-state index in [1.165, 1.54) is 5.56 Å². The summed E-state index contributed by atoms with van der Waals surface area (Å²) in [7, 11) is 1.64. The number of fused-ring (bicyclic) bond motifs is 1. The van der Waals surface area contributed by atoms with Gasteiger partial charge < -0.3 is 15.0 Å². The molecule has 0 unspecified atom stereocenters. The van der Waals surface area contributed by atoms with Crippen molar-refractivity contribution < 1.29 is 4.74 Å². The first-order chi connectivity index (χ1) is 9.79. The van der Waals surface area contributed by atoms with Crippen LogP contribution in [0.5, 0.6) is 5.75 Å². The number of ether oxygens (including phenoxy) is 1. The van der Waals surface area contributed by atoms with Gasteiger partial charge in [-0.15, -0.1) is 0 Å².